The minimum atomic E-state index is -1.59. The first-order chi connectivity index (χ1) is 17.2. The maximum absolute atomic E-state index is 12.2. The summed E-state index contributed by atoms with van der Waals surface area (Å²) >= 11 is 0. The molecule has 10 heteroatoms. The summed E-state index contributed by atoms with van der Waals surface area (Å²) in [7, 11) is 4.84. The number of ether oxygens (including phenoxy) is 6. The second-order valence-electron chi connectivity index (χ2n) is 7.78. The second-order valence-corrected chi connectivity index (χ2v) is 7.78. The standard InChI is InChI=1S/C26H30O10/c1-26(24(29)33-4,25(30)34-5)18-8-12-20(13-9-18)36-15-14-35-19-10-6-17(7-11-19)16-21(22(27)31-2)23(28)32-3/h6-13,21H,14-16H2,1-5H3. The van der Waals surface area contributed by atoms with Crippen LogP contribution in [-0.2, 0) is 50.0 Å². The zero-order valence-electron chi connectivity index (χ0n) is 20.9. The van der Waals surface area contributed by atoms with Crippen molar-refractivity contribution in [3.05, 3.63) is 59.7 Å². The molecule has 0 aliphatic carbocycles. The lowest BCUT2D eigenvalue weighted by molar-refractivity contribution is -0.161. The maximum atomic E-state index is 12.2. The summed E-state index contributed by atoms with van der Waals surface area (Å²) in [4.78, 5) is 48.1. The molecule has 2 rings (SSSR count). The Bertz CT molecular complexity index is 1010. The lowest BCUT2D eigenvalue weighted by atomic mass is 9.82. The van der Waals surface area contributed by atoms with Gasteiger partial charge in [0.05, 0.1) is 28.4 Å². The van der Waals surface area contributed by atoms with Crippen LogP contribution in [0.3, 0.4) is 0 Å². The van der Waals surface area contributed by atoms with Crippen molar-refractivity contribution in [1.29, 1.82) is 0 Å². The van der Waals surface area contributed by atoms with E-state index >= 15 is 0 Å². The van der Waals surface area contributed by atoms with Gasteiger partial charge in [-0.2, -0.15) is 0 Å². The van der Waals surface area contributed by atoms with Gasteiger partial charge in [-0.25, -0.2) is 0 Å². The summed E-state index contributed by atoms with van der Waals surface area (Å²) in [5.74, 6) is -2.71. The fraction of sp³-hybridized carbons (Fsp3) is 0.385. The number of hydrogen-bond donors (Lipinski definition) is 0. The fourth-order valence-electron chi connectivity index (χ4n) is 3.44. The van der Waals surface area contributed by atoms with Crippen molar-refractivity contribution in [1.82, 2.24) is 0 Å². The molecule has 0 aliphatic rings. The van der Waals surface area contributed by atoms with E-state index in [-0.39, 0.29) is 19.6 Å². The molecule has 0 saturated carbocycles. The molecule has 0 aromatic heterocycles. The first-order valence-electron chi connectivity index (χ1n) is 11.0. The van der Waals surface area contributed by atoms with E-state index in [1.807, 2.05) is 0 Å². The summed E-state index contributed by atoms with van der Waals surface area (Å²) in [6.07, 6.45) is 0.143. The molecule has 0 fully saturated rings. The van der Waals surface area contributed by atoms with Gasteiger partial charge in [0.1, 0.15) is 24.7 Å². The Labute approximate surface area is 209 Å². The van der Waals surface area contributed by atoms with E-state index in [2.05, 4.69) is 9.47 Å². The normalized spacial score (nSPS) is 10.8. The summed E-state index contributed by atoms with van der Waals surface area (Å²) in [6.45, 7) is 1.92. The van der Waals surface area contributed by atoms with E-state index in [0.29, 0.717) is 17.1 Å². The molecule has 0 bridgehead atoms. The van der Waals surface area contributed by atoms with Gasteiger partial charge >= 0.3 is 23.9 Å². The van der Waals surface area contributed by atoms with Gasteiger partial charge in [0.2, 0.25) is 0 Å². The molecular formula is C26H30O10. The van der Waals surface area contributed by atoms with Gasteiger partial charge in [-0.1, -0.05) is 24.3 Å². The van der Waals surface area contributed by atoms with Crippen LogP contribution in [0.25, 0.3) is 0 Å². The third-order valence-electron chi connectivity index (χ3n) is 5.57. The van der Waals surface area contributed by atoms with E-state index < -0.39 is 35.2 Å². The molecule has 0 saturated heterocycles. The lowest BCUT2D eigenvalue weighted by Gasteiger charge is -2.24. The first kappa shape index (κ1) is 28.2. The number of carbonyl (C=O) groups is 4. The van der Waals surface area contributed by atoms with E-state index in [1.165, 1.54) is 35.4 Å². The highest BCUT2D eigenvalue weighted by Crippen LogP contribution is 2.28. The van der Waals surface area contributed by atoms with Crippen LogP contribution in [0.5, 0.6) is 11.5 Å². The molecule has 0 unspecified atom stereocenters. The van der Waals surface area contributed by atoms with Gasteiger partial charge in [0, 0.05) is 0 Å². The molecule has 2 aromatic carbocycles. The molecule has 10 nitrogen and oxygen atoms in total. The Morgan fingerprint density at radius 2 is 1.08 bits per heavy atom. The van der Waals surface area contributed by atoms with Crippen molar-refractivity contribution in [2.45, 2.75) is 18.8 Å². The highest BCUT2D eigenvalue weighted by molar-refractivity contribution is 6.05. The smallest absolute Gasteiger partial charge is 0.327 e. The molecular weight excluding hydrogens is 472 g/mol. The van der Waals surface area contributed by atoms with E-state index in [9.17, 15) is 19.2 Å². The van der Waals surface area contributed by atoms with Crippen LogP contribution >= 0.6 is 0 Å². The lowest BCUT2D eigenvalue weighted by Crippen LogP contribution is -2.42. The molecule has 0 heterocycles. The SMILES string of the molecule is COC(=O)C(Cc1ccc(OCCOc2ccc(C(C)(C(=O)OC)C(=O)OC)cc2)cc1)C(=O)OC. The van der Waals surface area contributed by atoms with Crippen LogP contribution < -0.4 is 9.47 Å². The van der Waals surface area contributed by atoms with E-state index in [0.717, 1.165) is 5.56 Å². The van der Waals surface area contributed by atoms with E-state index in [1.54, 1.807) is 48.5 Å². The van der Waals surface area contributed by atoms with Crippen LogP contribution in [0.4, 0.5) is 0 Å². The Balaban J connectivity index is 1.90. The number of esters is 4. The highest BCUT2D eigenvalue weighted by atomic mass is 16.6. The minimum Gasteiger partial charge on any atom is -0.490 e. The average Bonchev–Trinajstić information content (AvgIpc) is 2.92. The Hall–Kier alpha value is -4.08. The van der Waals surface area contributed by atoms with Crippen LogP contribution in [0.1, 0.15) is 18.1 Å². The molecule has 0 spiro atoms. The van der Waals surface area contributed by atoms with Gasteiger partial charge in [-0.15, -0.1) is 0 Å². The maximum Gasteiger partial charge on any atom is 0.327 e. The van der Waals surface area contributed by atoms with Crippen molar-refractivity contribution < 1.29 is 47.6 Å². The summed E-state index contributed by atoms with van der Waals surface area (Å²) in [6, 6.07) is 13.4. The molecule has 2 aromatic rings. The van der Waals surface area contributed by atoms with Gasteiger partial charge in [0.25, 0.3) is 0 Å². The van der Waals surface area contributed by atoms with Crippen LogP contribution in [-0.4, -0.2) is 65.5 Å². The first-order valence-corrected chi connectivity index (χ1v) is 11.0. The highest BCUT2D eigenvalue weighted by Gasteiger charge is 2.45. The molecule has 0 aliphatic heterocycles. The summed E-state index contributed by atoms with van der Waals surface area (Å²) in [5, 5.41) is 0. The number of methoxy groups -OCH3 is 4. The Kier molecular flexibility index (Phi) is 10.3. The summed E-state index contributed by atoms with van der Waals surface area (Å²) < 4.78 is 30.2. The Morgan fingerprint density at radius 1 is 0.667 bits per heavy atom. The third kappa shape index (κ3) is 6.74. The van der Waals surface area contributed by atoms with E-state index in [4.69, 9.17) is 18.9 Å². The molecule has 0 amide bonds. The second kappa shape index (κ2) is 13.1. The van der Waals surface area contributed by atoms with Gasteiger partial charge in [0.15, 0.2) is 11.3 Å². The topological polar surface area (TPSA) is 124 Å². The zero-order valence-corrected chi connectivity index (χ0v) is 20.9. The number of carbonyl (C=O) groups excluding carboxylic acids is 4. The molecule has 194 valence electrons. The number of rotatable bonds is 12. The van der Waals surface area contributed by atoms with Gasteiger partial charge < -0.3 is 28.4 Å². The van der Waals surface area contributed by atoms with Crippen LogP contribution in [0.15, 0.2) is 48.5 Å². The predicted octanol–water partition coefficient (Wildman–Crippen LogP) is 2.25. The van der Waals surface area contributed by atoms with Crippen molar-refractivity contribution in [3.8, 4) is 11.5 Å². The molecule has 0 atom stereocenters. The van der Waals surface area contributed by atoms with Crippen molar-refractivity contribution in [2.75, 3.05) is 41.7 Å². The Morgan fingerprint density at radius 3 is 1.47 bits per heavy atom. The number of hydrogen-bond acceptors (Lipinski definition) is 10. The van der Waals surface area contributed by atoms with Crippen molar-refractivity contribution >= 4 is 23.9 Å². The zero-order chi connectivity index (χ0) is 26.7. The fourth-order valence-corrected chi connectivity index (χ4v) is 3.44. The summed E-state index contributed by atoms with van der Waals surface area (Å²) in [5.41, 5.74) is -0.442. The van der Waals surface area contributed by atoms with Crippen LogP contribution in [0.2, 0.25) is 0 Å². The predicted molar refractivity (Wildman–Crippen MR) is 126 cm³/mol. The monoisotopic (exact) mass is 502 g/mol. The van der Waals surface area contributed by atoms with Crippen LogP contribution in [0, 0.1) is 5.92 Å². The quantitative estimate of drug-likeness (QED) is 0.185. The molecule has 0 N–H and O–H groups in total. The number of benzene rings is 2. The van der Waals surface area contributed by atoms with Gasteiger partial charge in [-0.3, -0.25) is 19.2 Å². The van der Waals surface area contributed by atoms with Crippen molar-refractivity contribution in [3.63, 3.8) is 0 Å². The molecule has 36 heavy (non-hydrogen) atoms. The third-order valence-corrected chi connectivity index (χ3v) is 5.57. The minimum absolute atomic E-state index is 0.143. The van der Waals surface area contributed by atoms with Gasteiger partial charge in [-0.05, 0) is 48.7 Å². The largest absolute Gasteiger partial charge is 0.490 e. The molecule has 0 radical (unpaired) electrons. The van der Waals surface area contributed by atoms with Crippen molar-refractivity contribution in [2.24, 2.45) is 5.92 Å². The average molecular weight is 503 g/mol.